The van der Waals surface area contributed by atoms with Crippen molar-refractivity contribution in [1.29, 1.82) is 0 Å². The molecule has 8 nitrogen and oxygen atoms in total. The monoisotopic (exact) mass is 509 g/mol. The van der Waals surface area contributed by atoms with Gasteiger partial charge >= 0.3 is 6.36 Å². The van der Waals surface area contributed by atoms with Crippen LogP contribution >= 0.6 is 11.3 Å². The molecule has 2 N–H and O–H groups in total. The van der Waals surface area contributed by atoms with Crippen molar-refractivity contribution in [3.63, 3.8) is 0 Å². The number of aliphatic hydroxyl groups excluding tert-OH is 1. The lowest BCUT2D eigenvalue weighted by Crippen LogP contribution is -2.27. The molecule has 1 aliphatic rings. The molecule has 1 amide bonds. The zero-order valence-corrected chi connectivity index (χ0v) is 19.2. The summed E-state index contributed by atoms with van der Waals surface area (Å²) in [4.78, 5) is 16.9. The van der Waals surface area contributed by atoms with E-state index in [2.05, 4.69) is 15.0 Å². The highest BCUT2D eigenvalue weighted by atomic mass is 32.1. The third kappa shape index (κ3) is 6.55. The Kier molecular flexibility index (Phi) is 7.61. The fourth-order valence-corrected chi connectivity index (χ4v) is 4.36. The number of rotatable bonds is 9. The van der Waals surface area contributed by atoms with E-state index in [1.165, 1.54) is 35.6 Å². The van der Waals surface area contributed by atoms with Crippen LogP contribution in [0.5, 0.6) is 17.2 Å². The number of hydrogen-bond acceptors (Lipinski definition) is 7. The molecule has 0 aliphatic carbocycles. The molecule has 35 heavy (non-hydrogen) atoms. The van der Waals surface area contributed by atoms with Crippen LogP contribution in [0.15, 0.2) is 52.8 Å². The van der Waals surface area contributed by atoms with Gasteiger partial charge in [-0.2, -0.15) is 0 Å². The van der Waals surface area contributed by atoms with Crippen LogP contribution in [0.2, 0.25) is 0 Å². The van der Waals surface area contributed by atoms with Crippen LogP contribution in [0.3, 0.4) is 0 Å². The van der Waals surface area contributed by atoms with Gasteiger partial charge in [0.25, 0.3) is 0 Å². The van der Waals surface area contributed by atoms with Crippen molar-refractivity contribution in [2.45, 2.75) is 25.7 Å². The summed E-state index contributed by atoms with van der Waals surface area (Å²) in [6.07, 6.45) is -4.12. The van der Waals surface area contributed by atoms with Crippen molar-refractivity contribution in [2.75, 3.05) is 19.9 Å². The molecular weight excluding hydrogens is 487 g/mol. The molecule has 4 rings (SSSR count). The predicted octanol–water partition coefficient (Wildman–Crippen LogP) is 3.97. The van der Waals surface area contributed by atoms with Crippen LogP contribution < -0.4 is 24.3 Å². The van der Waals surface area contributed by atoms with Gasteiger partial charge in [0.1, 0.15) is 5.75 Å². The van der Waals surface area contributed by atoms with Gasteiger partial charge < -0.3 is 29.2 Å². The third-order valence-electron chi connectivity index (χ3n) is 4.98. The van der Waals surface area contributed by atoms with Gasteiger partial charge in [-0.25, -0.2) is 4.99 Å². The lowest BCUT2D eigenvalue weighted by Gasteiger charge is -2.11. The van der Waals surface area contributed by atoms with E-state index in [0.29, 0.717) is 41.5 Å². The fraction of sp³-hybridized carbons (Fsp3) is 0.304. The Bertz CT molecular complexity index is 1240. The highest BCUT2D eigenvalue weighted by Gasteiger charge is 2.31. The van der Waals surface area contributed by atoms with Crippen molar-refractivity contribution in [2.24, 2.45) is 4.99 Å². The average Bonchev–Trinajstić information content (AvgIpc) is 3.43. The first-order chi connectivity index (χ1) is 16.8. The average molecular weight is 510 g/mol. The summed E-state index contributed by atoms with van der Waals surface area (Å²) in [6.45, 7) is 0.867. The van der Waals surface area contributed by atoms with Gasteiger partial charge in [0.15, 0.2) is 16.3 Å². The van der Waals surface area contributed by atoms with Crippen LogP contribution in [0.4, 0.5) is 18.9 Å². The largest absolute Gasteiger partial charge is 0.573 e. The summed E-state index contributed by atoms with van der Waals surface area (Å²) in [5.41, 5.74) is 2.21. The number of hydrogen-bond donors (Lipinski definition) is 2. The molecule has 0 saturated heterocycles. The minimum Gasteiger partial charge on any atom is -0.454 e. The van der Waals surface area contributed by atoms with E-state index in [1.54, 1.807) is 0 Å². The summed E-state index contributed by atoms with van der Waals surface area (Å²) in [6, 6.07) is 10.9. The molecule has 0 bridgehead atoms. The quantitative estimate of drug-likeness (QED) is 0.426. The lowest BCUT2D eigenvalue weighted by molar-refractivity contribution is -0.274. The zero-order chi connectivity index (χ0) is 24.8. The van der Waals surface area contributed by atoms with E-state index in [1.807, 2.05) is 28.1 Å². The van der Waals surface area contributed by atoms with Gasteiger partial charge in [0.2, 0.25) is 12.7 Å². The first-order valence-electron chi connectivity index (χ1n) is 10.7. The van der Waals surface area contributed by atoms with Gasteiger partial charge in [-0.15, -0.1) is 24.5 Å². The fourth-order valence-electron chi connectivity index (χ4n) is 3.41. The molecule has 0 saturated carbocycles. The number of aliphatic hydroxyl groups is 1. The molecule has 0 fully saturated rings. The molecule has 2 heterocycles. The van der Waals surface area contributed by atoms with Crippen molar-refractivity contribution >= 4 is 22.9 Å². The van der Waals surface area contributed by atoms with Gasteiger partial charge in [-0.05, 0) is 48.9 Å². The summed E-state index contributed by atoms with van der Waals surface area (Å²) >= 11 is 1.38. The molecule has 0 atom stereocenters. The molecule has 1 aliphatic heterocycles. The van der Waals surface area contributed by atoms with E-state index in [0.717, 1.165) is 11.3 Å². The summed E-state index contributed by atoms with van der Waals surface area (Å²) in [5, 5.41) is 13.5. The summed E-state index contributed by atoms with van der Waals surface area (Å²) < 4.78 is 54.0. The number of carbonyl (C=O) groups is 1. The number of carbonyl (C=O) groups excluding carboxylic acids is 1. The van der Waals surface area contributed by atoms with Crippen molar-refractivity contribution in [1.82, 2.24) is 9.88 Å². The lowest BCUT2D eigenvalue weighted by atomic mass is 10.1. The van der Waals surface area contributed by atoms with Crippen LogP contribution in [0.1, 0.15) is 12.8 Å². The first-order valence-corrected chi connectivity index (χ1v) is 11.6. The minimum absolute atomic E-state index is 0.0443. The Morgan fingerprint density at radius 3 is 2.69 bits per heavy atom. The van der Waals surface area contributed by atoms with Gasteiger partial charge in [0, 0.05) is 30.5 Å². The number of ether oxygens (including phenoxy) is 3. The second-order valence-corrected chi connectivity index (χ2v) is 8.29. The zero-order valence-electron chi connectivity index (χ0n) is 18.4. The van der Waals surface area contributed by atoms with E-state index in [-0.39, 0.29) is 31.5 Å². The van der Waals surface area contributed by atoms with Crippen molar-refractivity contribution < 1.29 is 37.3 Å². The van der Waals surface area contributed by atoms with Crippen molar-refractivity contribution in [3.8, 4) is 28.5 Å². The number of nitrogens with one attached hydrogen (secondary N) is 1. The van der Waals surface area contributed by atoms with Crippen LogP contribution in [0.25, 0.3) is 11.3 Å². The maximum atomic E-state index is 12.4. The Morgan fingerprint density at radius 1 is 1.17 bits per heavy atom. The predicted molar refractivity (Wildman–Crippen MR) is 122 cm³/mol. The highest BCUT2D eigenvalue weighted by Crippen LogP contribution is 2.36. The normalized spacial score (nSPS) is 13.2. The number of halogens is 3. The van der Waals surface area contributed by atoms with Crippen molar-refractivity contribution in [3.05, 3.63) is 52.6 Å². The SMILES string of the molecule is O=C(CCO)NCCCn1c(-c2ccc3c(c2)OCO3)csc1=Nc1ccc(OC(F)(F)F)cc1. The topological polar surface area (TPSA) is 94.3 Å². The number of thiazole rings is 1. The molecule has 0 spiro atoms. The molecule has 0 unspecified atom stereocenters. The van der Waals surface area contributed by atoms with Gasteiger partial charge in [-0.1, -0.05) is 0 Å². The highest BCUT2D eigenvalue weighted by molar-refractivity contribution is 7.07. The smallest absolute Gasteiger partial charge is 0.454 e. The minimum atomic E-state index is -4.76. The number of fused-ring (bicyclic) bond motifs is 1. The molecular formula is C23H22F3N3O5S. The van der Waals surface area contributed by atoms with Crippen LogP contribution in [0, 0.1) is 0 Å². The number of aromatic nitrogens is 1. The Balaban J connectivity index is 1.60. The third-order valence-corrected chi connectivity index (χ3v) is 5.84. The number of nitrogens with zero attached hydrogens (tertiary/aromatic N) is 2. The van der Waals surface area contributed by atoms with E-state index >= 15 is 0 Å². The number of alkyl halides is 3. The van der Waals surface area contributed by atoms with Crippen LogP contribution in [-0.4, -0.2) is 41.9 Å². The number of amides is 1. The molecule has 0 radical (unpaired) electrons. The molecule has 186 valence electrons. The van der Waals surface area contributed by atoms with Gasteiger partial charge in [0.05, 0.1) is 18.0 Å². The number of benzene rings is 2. The Morgan fingerprint density at radius 2 is 1.94 bits per heavy atom. The van der Waals surface area contributed by atoms with E-state index < -0.39 is 6.36 Å². The maximum absolute atomic E-state index is 12.4. The Hall–Kier alpha value is -3.51. The molecule has 2 aromatic carbocycles. The first kappa shape index (κ1) is 24.6. The van der Waals surface area contributed by atoms with Gasteiger partial charge in [-0.3, -0.25) is 4.79 Å². The summed E-state index contributed by atoms with van der Waals surface area (Å²) in [7, 11) is 0. The van der Waals surface area contributed by atoms with Crippen LogP contribution in [-0.2, 0) is 11.3 Å². The van der Waals surface area contributed by atoms with E-state index in [9.17, 15) is 18.0 Å². The molecule has 1 aromatic heterocycles. The summed E-state index contributed by atoms with van der Waals surface area (Å²) in [5.74, 6) is 0.739. The maximum Gasteiger partial charge on any atom is 0.573 e. The standard InChI is InChI=1S/C23H22F3N3O5S/c24-23(25,26)34-17-5-3-16(4-6-17)28-22-29(10-1-9-27-21(31)8-11-30)18(13-35-22)15-2-7-19-20(12-15)33-14-32-19/h2-7,12-13,30H,1,8-11,14H2,(H,27,31). The molecule has 12 heteroatoms. The second-order valence-electron chi connectivity index (χ2n) is 7.45. The van der Waals surface area contributed by atoms with E-state index in [4.69, 9.17) is 14.6 Å². The second kappa shape index (κ2) is 10.8. The Labute approximate surface area is 202 Å². The molecule has 3 aromatic rings.